The number of hydrogen-bond acceptors (Lipinski definition) is 2. The molecule has 1 saturated heterocycles. The quantitative estimate of drug-likeness (QED) is 0.739. The minimum atomic E-state index is -0.276. The maximum atomic E-state index is 12.2. The van der Waals surface area contributed by atoms with Crippen LogP contribution in [0.15, 0.2) is 42.0 Å². The fourth-order valence-corrected chi connectivity index (χ4v) is 2.69. The van der Waals surface area contributed by atoms with Crippen molar-refractivity contribution in [1.29, 1.82) is 0 Å². The van der Waals surface area contributed by atoms with Crippen LogP contribution in [0.5, 0.6) is 0 Å². The van der Waals surface area contributed by atoms with E-state index in [0.29, 0.717) is 6.61 Å². The second kappa shape index (κ2) is 3.44. The number of nitrogens with zero attached hydrogens (tertiary/aromatic N) is 1. The van der Waals surface area contributed by atoms with Crippen molar-refractivity contribution in [1.82, 2.24) is 4.90 Å². The van der Waals surface area contributed by atoms with Crippen LogP contribution in [0, 0.1) is 0 Å². The Balaban J connectivity index is 2.00. The van der Waals surface area contributed by atoms with E-state index in [1.807, 2.05) is 55.2 Å². The summed E-state index contributed by atoms with van der Waals surface area (Å²) >= 11 is 0. The number of carbonyl (C=O) groups excluding carboxylic acids is 1. The highest BCUT2D eigenvalue weighted by Crippen LogP contribution is 2.42. The highest BCUT2D eigenvalue weighted by molar-refractivity contribution is 5.97. The van der Waals surface area contributed by atoms with Crippen LogP contribution in [-0.4, -0.2) is 23.0 Å². The largest absolute Gasteiger partial charge is 0.351 e. The van der Waals surface area contributed by atoms with E-state index < -0.39 is 0 Å². The van der Waals surface area contributed by atoms with Crippen LogP contribution >= 0.6 is 0 Å². The number of amides is 1. The molecule has 2 heterocycles. The van der Waals surface area contributed by atoms with E-state index in [0.717, 1.165) is 11.1 Å². The molecule has 0 saturated carbocycles. The van der Waals surface area contributed by atoms with Crippen LogP contribution in [0.4, 0.5) is 0 Å². The Morgan fingerprint density at radius 1 is 1.35 bits per heavy atom. The third kappa shape index (κ3) is 1.42. The van der Waals surface area contributed by atoms with E-state index >= 15 is 0 Å². The summed E-state index contributed by atoms with van der Waals surface area (Å²) in [5.74, 6) is 0.0823. The summed E-state index contributed by atoms with van der Waals surface area (Å²) < 4.78 is 5.79. The standard InChI is InChI=1S/C14H15NO2/c1-10-8-14(2)9-17-13(15(14)12(10)16)11-6-4-3-5-7-11/h3-8,13H,9H2,1-2H3. The van der Waals surface area contributed by atoms with Crippen molar-refractivity contribution in [2.75, 3.05) is 6.61 Å². The van der Waals surface area contributed by atoms with Gasteiger partial charge in [0.25, 0.3) is 5.91 Å². The monoisotopic (exact) mass is 229 g/mol. The van der Waals surface area contributed by atoms with Gasteiger partial charge in [0, 0.05) is 11.1 Å². The van der Waals surface area contributed by atoms with Crippen LogP contribution in [0.1, 0.15) is 25.6 Å². The molecule has 88 valence electrons. The highest BCUT2D eigenvalue weighted by Gasteiger charge is 2.50. The smallest absolute Gasteiger partial charge is 0.252 e. The van der Waals surface area contributed by atoms with E-state index in [1.54, 1.807) is 0 Å². The molecule has 2 unspecified atom stereocenters. The number of hydrogen-bond donors (Lipinski definition) is 0. The molecule has 3 heteroatoms. The summed E-state index contributed by atoms with van der Waals surface area (Å²) in [4.78, 5) is 14.0. The van der Waals surface area contributed by atoms with E-state index in [2.05, 4.69) is 0 Å². The van der Waals surface area contributed by atoms with Gasteiger partial charge in [-0.25, -0.2) is 0 Å². The topological polar surface area (TPSA) is 29.5 Å². The Morgan fingerprint density at radius 2 is 2.06 bits per heavy atom. The SMILES string of the molecule is CC1=CC2(C)COC(c3ccccc3)N2C1=O. The van der Waals surface area contributed by atoms with Crippen molar-refractivity contribution in [2.45, 2.75) is 25.6 Å². The van der Waals surface area contributed by atoms with Gasteiger partial charge in [-0.05, 0) is 19.9 Å². The normalized spacial score (nSPS) is 31.6. The molecule has 1 amide bonds. The lowest BCUT2D eigenvalue weighted by Gasteiger charge is -2.29. The Morgan fingerprint density at radius 3 is 2.76 bits per heavy atom. The van der Waals surface area contributed by atoms with Crippen LogP contribution in [-0.2, 0) is 9.53 Å². The molecule has 2 aliphatic rings. The van der Waals surface area contributed by atoms with Crippen molar-refractivity contribution in [3.63, 3.8) is 0 Å². The van der Waals surface area contributed by atoms with Gasteiger partial charge in [0.2, 0.25) is 0 Å². The van der Waals surface area contributed by atoms with Gasteiger partial charge in [-0.3, -0.25) is 9.69 Å². The third-order valence-electron chi connectivity index (χ3n) is 3.49. The molecular weight excluding hydrogens is 214 g/mol. The molecule has 0 radical (unpaired) electrons. The molecule has 1 aromatic carbocycles. The average molecular weight is 229 g/mol. The zero-order chi connectivity index (χ0) is 12.0. The molecule has 2 aliphatic heterocycles. The zero-order valence-electron chi connectivity index (χ0n) is 10.0. The lowest BCUT2D eigenvalue weighted by Crippen LogP contribution is -2.41. The van der Waals surface area contributed by atoms with Gasteiger partial charge in [0.1, 0.15) is 0 Å². The predicted molar refractivity (Wildman–Crippen MR) is 64.1 cm³/mol. The van der Waals surface area contributed by atoms with E-state index in [-0.39, 0.29) is 17.7 Å². The van der Waals surface area contributed by atoms with Crippen molar-refractivity contribution < 1.29 is 9.53 Å². The van der Waals surface area contributed by atoms with Gasteiger partial charge in [-0.2, -0.15) is 0 Å². The summed E-state index contributed by atoms with van der Waals surface area (Å²) in [5, 5.41) is 0. The molecule has 0 N–H and O–H groups in total. The van der Waals surface area contributed by atoms with Crippen LogP contribution in [0.2, 0.25) is 0 Å². The Kier molecular flexibility index (Phi) is 2.13. The molecule has 0 aliphatic carbocycles. The van der Waals surface area contributed by atoms with E-state index in [9.17, 15) is 4.79 Å². The third-order valence-corrected chi connectivity index (χ3v) is 3.49. The number of carbonyl (C=O) groups is 1. The summed E-state index contributed by atoms with van der Waals surface area (Å²) in [6, 6.07) is 9.89. The molecule has 1 fully saturated rings. The lowest BCUT2D eigenvalue weighted by atomic mass is 10.0. The summed E-state index contributed by atoms with van der Waals surface area (Å²) in [6.07, 6.45) is 1.76. The number of ether oxygens (including phenoxy) is 1. The summed E-state index contributed by atoms with van der Waals surface area (Å²) in [7, 11) is 0. The van der Waals surface area contributed by atoms with Crippen LogP contribution in [0.3, 0.4) is 0 Å². The van der Waals surface area contributed by atoms with E-state index in [1.165, 1.54) is 0 Å². The minimum Gasteiger partial charge on any atom is -0.351 e. The molecule has 2 atom stereocenters. The number of fused-ring (bicyclic) bond motifs is 1. The number of rotatable bonds is 1. The maximum Gasteiger partial charge on any atom is 0.252 e. The van der Waals surface area contributed by atoms with E-state index in [4.69, 9.17) is 4.74 Å². The summed E-state index contributed by atoms with van der Waals surface area (Å²) in [6.45, 7) is 4.48. The number of benzene rings is 1. The molecule has 1 aromatic rings. The van der Waals surface area contributed by atoms with Gasteiger partial charge in [-0.15, -0.1) is 0 Å². The van der Waals surface area contributed by atoms with Crippen molar-refractivity contribution in [3.8, 4) is 0 Å². The van der Waals surface area contributed by atoms with Gasteiger partial charge in [0.05, 0.1) is 12.1 Å². The molecular formula is C14H15NO2. The molecule has 3 rings (SSSR count). The van der Waals surface area contributed by atoms with Crippen molar-refractivity contribution in [3.05, 3.63) is 47.5 Å². The van der Waals surface area contributed by atoms with Gasteiger partial charge in [-0.1, -0.05) is 30.3 Å². The Bertz CT molecular complexity index is 494. The first-order chi connectivity index (χ1) is 8.12. The van der Waals surface area contributed by atoms with Gasteiger partial charge in [0.15, 0.2) is 6.23 Å². The predicted octanol–water partition coefficient (Wildman–Crippen LogP) is 2.26. The molecule has 17 heavy (non-hydrogen) atoms. The fourth-order valence-electron chi connectivity index (χ4n) is 2.69. The second-order valence-corrected chi connectivity index (χ2v) is 4.93. The molecule has 3 nitrogen and oxygen atoms in total. The first-order valence-corrected chi connectivity index (χ1v) is 5.81. The maximum absolute atomic E-state index is 12.2. The molecule has 0 spiro atoms. The average Bonchev–Trinajstić information content (AvgIpc) is 2.76. The van der Waals surface area contributed by atoms with Gasteiger partial charge >= 0.3 is 0 Å². The molecule has 0 bridgehead atoms. The Labute approximate surface area is 101 Å². The summed E-state index contributed by atoms with van der Waals surface area (Å²) in [5.41, 5.74) is 1.58. The minimum absolute atomic E-state index is 0.0823. The molecule has 0 aromatic heterocycles. The van der Waals surface area contributed by atoms with Crippen molar-refractivity contribution >= 4 is 5.91 Å². The zero-order valence-corrected chi connectivity index (χ0v) is 10.0. The fraction of sp³-hybridized carbons (Fsp3) is 0.357. The first kappa shape index (κ1) is 10.5. The highest BCUT2D eigenvalue weighted by atomic mass is 16.5. The lowest BCUT2D eigenvalue weighted by molar-refractivity contribution is -0.133. The first-order valence-electron chi connectivity index (χ1n) is 5.81. The Hall–Kier alpha value is -1.61. The van der Waals surface area contributed by atoms with Gasteiger partial charge < -0.3 is 4.74 Å². The second-order valence-electron chi connectivity index (χ2n) is 4.93. The van der Waals surface area contributed by atoms with Crippen LogP contribution < -0.4 is 0 Å². The van der Waals surface area contributed by atoms with Crippen LogP contribution in [0.25, 0.3) is 0 Å². The van der Waals surface area contributed by atoms with Crippen molar-refractivity contribution in [2.24, 2.45) is 0 Å².